The van der Waals surface area contributed by atoms with Crippen molar-refractivity contribution in [1.29, 1.82) is 0 Å². The van der Waals surface area contributed by atoms with Crippen LogP contribution in [0.1, 0.15) is 18.5 Å². The van der Waals surface area contributed by atoms with Gasteiger partial charge in [-0.2, -0.15) is 0 Å². The van der Waals surface area contributed by atoms with E-state index in [1.165, 1.54) is 6.07 Å². The van der Waals surface area contributed by atoms with Gasteiger partial charge >= 0.3 is 0 Å². The van der Waals surface area contributed by atoms with Crippen LogP contribution in [0.4, 0.5) is 10.3 Å². The predicted octanol–water partition coefficient (Wildman–Crippen LogP) is 3.56. The van der Waals surface area contributed by atoms with E-state index >= 15 is 0 Å². The number of anilines is 1. The Labute approximate surface area is 177 Å². The number of nitrogens with zero attached hydrogens (tertiary/aromatic N) is 3. The molecule has 0 atom stereocenters. The van der Waals surface area contributed by atoms with E-state index in [-0.39, 0.29) is 17.4 Å². The molecule has 4 aromatic rings. The molecule has 0 unspecified atom stereocenters. The normalized spacial score (nSPS) is 14.7. The molecule has 2 N–H and O–H groups in total. The van der Waals surface area contributed by atoms with Gasteiger partial charge in [-0.05, 0) is 37.1 Å². The minimum Gasteiger partial charge on any atom is -0.381 e. The van der Waals surface area contributed by atoms with Crippen molar-refractivity contribution in [2.75, 3.05) is 18.5 Å². The zero-order valence-electron chi connectivity index (χ0n) is 16.8. The van der Waals surface area contributed by atoms with Crippen molar-refractivity contribution >= 4 is 16.9 Å². The SMILES string of the molecule is O=c1cc(-c2ccnc(NC3CCOCC3)n2)ccn1Cc1cc2cccc(F)c2[nH]1. The van der Waals surface area contributed by atoms with Crippen LogP contribution in [0.25, 0.3) is 22.2 Å². The Hall–Kier alpha value is -3.52. The monoisotopic (exact) mass is 419 g/mol. The number of rotatable bonds is 5. The smallest absolute Gasteiger partial charge is 0.251 e. The summed E-state index contributed by atoms with van der Waals surface area (Å²) in [6, 6.07) is 12.3. The Bertz CT molecular complexity index is 1280. The minimum atomic E-state index is -0.305. The van der Waals surface area contributed by atoms with Crippen LogP contribution in [0.3, 0.4) is 0 Å². The summed E-state index contributed by atoms with van der Waals surface area (Å²) in [5.41, 5.74) is 2.46. The van der Waals surface area contributed by atoms with Crippen molar-refractivity contribution in [3.8, 4) is 11.3 Å². The van der Waals surface area contributed by atoms with Gasteiger partial charge in [0.25, 0.3) is 5.56 Å². The predicted molar refractivity (Wildman–Crippen MR) is 117 cm³/mol. The third-order valence-electron chi connectivity index (χ3n) is 5.50. The lowest BCUT2D eigenvalue weighted by atomic mass is 10.1. The van der Waals surface area contributed by atoms with Gasteiger partial charge in [-0.15, -0.1) is 0 Å². The third-order valence-corrected chi connectivity index (χ3v) is 5.50. The highest BCUT2D eigenvalue weighted by atomic mass is 19.1. The van der Waals surface area contributed by atoms with Gasteiger partial charge in [0.15, 0.2) is 0 Å². The van der Waals surface area contributed by atoms with E-state index in [4.69, 9.17) is 4.74 Å². The molecule has 7 nitrogen and oxygen atoms in total. The lowest BCUT2D eigenvalue weighted by Gasteiger charge is -2.23. The molecule has 5 rings (SSSR count). The molecule has 0 amide bonds. The van der Waals surface area contributed by atoms with Crippen LogP contribution in [-0.4, -0.2) is 38.8 Å². The van der Waals surface area contributed by atoms with Crippen LogP contribution in [0.15, 0.2) is 59.7 Å². The number of fused-ring (bicyclic) bond motifs is 1. The molecule has 1 aliphatic rings. The first-order chi connectivity index (χ1) is 15.2. The first-order valence-corrected chi connectivity index (χ1v) is 10.3. The molecule has 0 saturated carbocycles. The van der Waals surface area contributed by atoms with E-state index in [9.17, 15) is 9.18 Å². The summed E-state index contributed by atoms with van der Waals surface area (Å²) in [7, 11) is 0. The highest BCUT2D eigenvalue weighted by Crippen LogP contribution is 2.20. The van der Waals surface area contributed by atoms with E-state index in [1.807, 2.05) is 18.2 Å². The van der Waals surface area contributed by atoms with Crippen molar-refractivity contribution in [1.82, 2.24) is 19.5 Å². The van der Waals surface area contributed by atoms with E-state index < -0.39 is 0 Å². The molecule has 0 bridgehead atoms. The second kappa shape index (κ2) is 8.31. The number of pyridine rings is 1. The fourth-order valence-corrected chi connectivity index (χ4v) is 3.86. The van der Waals surface area contributed by atoms with Crippen LogP contribution in [0.2, 0.25) is 0 Å². The number of benzene rings is 1. The summed E-state index contributed by atoms with van der Waals surface area (Å²) in [4.78, 5) is 24.6. The number of para-hydroxylation sites is 1. The number of nitrogens with one attached hydrogen (secondary N) is 2. The number of aromatic nitrogens is 4. The zero-order valence-corrected chi connectivity index (χ0v) is 16.8. The number of halogens is 1. The number of hydrogen-bond donors (Lipinski definition) is 2. The maximum absolute atomic E-state index is 13.9. The second-order valence-corrected chi connectivity index (χ2v) is 7.68. The molecule has 31 heavy (non-hydrogen) atoms. The van der Waals surface area contributed by atoms with Crippen molar-refractivity contribution in [2.24, 2.45) is 0 Å². The summed E-state index contributed by atoms with van der Waals surface area (Å²) in [5, 5.41) is 4.13. The first kappa shape index (κ1) is 19.4. The molecule has 1 fully saturated rings. The van der Waals surface area contributed by atoms with Crippen molar-refractivity contribution in [3.05, 3.63) is 76.7 Å². The maximum atomic E-state index is 13.9. The molecule has 1 saturated heterocycles. The Kier molecular flexibility index (Phi) is 5.21. The molecular formula is C23H22FN5O2. The quantitative estimate of drug-likeness (QED) is 0.517. The molecule has 0 spiro atoms. The molecule has 158 valence electrons. The lowest BCUT2D eigenvalue weighted by molar-refractivity contribution is 0.0903. The van der Waals surface area contributed by atoms with Gasteiger partial charge in [0.2, 0.25) is 5.95 Å². The molecule has 4 heterocycles. The topological polar surface area (TPSA) is 84.8 Å². The van der Waals surface area contributed by atoms with Crippen LogP contribution in [-0.2, 0) is 11.3 Å². The van der Waals surface area contributed by atoms with Gasteiger partial charge in [0.05, 0.1) is 17.8 Å². The van der Waals surface area contributed by atoms with Crippen LogP contribution in [0, 0.1) is 5.82 Å². The fourth-order valence-electron chi connectivity index (χ4n) is 3.86. The van der Waals surface area contributed by atoms with E-state index in [0.29, 0.717) is 23.7 Å². The number of ether oxygens (including phenoxy) is 1. The van der Waals surface area contributed by atoms with E-state index in [1.54, 1.807) is 35.2 Å². The summed E-state index contributed by atoms with van der Waals surface area (Å²) in [6.07, 6.45) is 5.25. The average Bonchev–Trinajstić information content (AvgIpc) is 3.20. The van der Waals surface area contributed by atoms with Gasteiger partial charge in [-0.3, -0.25) is 4.79 Å². The first-order valence-electron chi connectivity index (χ1n) is 10.3. The molecule has 1 aromatic carbocycles. The highest BCUT2D eigenvalue weighted by molar-refractivity contribution is 5.80. The van der Waals surface area contributed by atoms with Gasteiger partial charge in [-0.1, -0.05) is 12.1 Å². The average molecular weight is 419 g/mol. The van der Waals surface area contributed by atoms with Crippen LogP contribution < -0.4 is 10.9 Å². The number of H-pyrrole nitrogens is 1. The van der Waals surface area contributed by atoms with Crippen molar-refractivity contribution in [2.45, 2.75) is 25.4 Å². The highest BCUT2D eigenvalue weighted by Gasteiger charge is 2.15. The molecule has 3 aromatic heterocycles. The number of aromatic amines is 1. The largest absolute Gasteiger partial charge is 0.381 e. The Morgan fingerprint density at radius 3 is 2.87 bits per heavy atom. The van der Waals surface area contributed by atoms with Crippen LogP contribution in [0.5, 0.6) is 0 Å². The summed E-state index contributed by atoms with van der Waals surface area (Å²) >= 11 is 0. The third kappa shape index (κ3) is 4.20. The Balaban J connectivity index is 1.36. The van der Waals surface area contributed by atoms with Crippen molar-refractivity contribution in [3.63, 3.8) is 0 Å². The van der Waals surface area contributed by atoms with Crippen LogP contribution >= 0.6 is 0 Å². The van der Waals surface area contributed by atoms with E-state index in [0.717, 1.165) is 42.7 Å². The number of hydrogen-bond acceptors (Lipinski definition) is 5. The van der Waals surface area contributed by atoms with Crippen molar-refractivity contribution < 1.29 is 9.13 Å². The summed E-state index contributed by atoms with van der Waals surface area (Å²) in [5.74, 6) is 0.244. The van der Waals surface area contributed by atoms with Gasteiger partial charge in [0.1, 0.15) is 5.82 Å². The van der Waals surface area contributed by atoms with Gasteiger partial charge < -0.3 is 19.6 Å². The molecule has 8 heteroatoms. The maximum Gasteiger partial charge on any atom is 0.251 e. The minimum absolute atomic E-state index is 0.158. The molecule has 0 radical (unpaired) electrons. The molecular weight excluding hydrogens is 397 g/mol. The zero-order chi connectivity index (χ0) is 21.2. The Morgan fingerprint density at radius 2 is 2.06 bits per heavy atom. The van der Waals surface area contributed by atoms with Gasteiger partial charge in [-0.25, -0.2) is 14.4 Å². The van der Waals surface area contributed by atoms with Gasteiger partial charge in [0, 0.05) is 54.4 Å². The summed E-state index contributed by atoms with van der Waals surface area (Å²) < 4.78 is 20.9. The molecule has 0 aliphatic carbocycles. The fraction of sp³-hybridized carbons (Fsp3) is 0.261. The lowest BCUT2D eigenvalue weighted by Crippen LogP contribution is -2.28. The summed E-state index contributed by atoms with van der Waals surface area (Å²) in [6.45, 7) is 1.80. The molecule has 1 aliphatic heterocycles. The van der Waals surface area contributed by atoms with E-state index in [2.05, 4.69) is 20.3 Å². The second-order valence-electron chi connectivity index (χ2n) is 7.68. The standard InChI is InChI=1S/C23H22FN5O2/c24-19-3-1-2-16-12-18(26-22(16)19)14-29-9-5-15(13-21(29)30)20-4-8-25-23(28-20)27-17-6-10-31-11-7-17/h1-5,8-9,12-13,17,26H,6-7,10-11,14H2,(H,25,27,28). The Morgan fingerprint density at radius 1 is 1.19 bits per heavy atom.